The molecular weight excluding hydrogens is 279 g/mol. The van der Waals surface area contributed by atoms with Gasteiger partial charge in [0.2, 0.25) is 0 Å². The first-order chi connectivity index (χ1) is 7.16. The van der Waals surface area contributed by atoms with Gasteiger partial charge in [0.15, 0.2) is 0 Å². The van der Waals surface area contributed by atoms with E-state index in [1.165, 1.54) is 19.0 Å². The van der Waals surface area contributed by atoms with Crippen molar-refractivity contribution >= 4 is 33.4 Å². The van der Waals surface area contributed by atoms with E-state index in [0.29, 0.717) is 21.1 Å². The van der Waals surface area contributed by atoms with Crippen LogP contribution in [0.15, 0.2) is 16.7 Å². The van der Waals surface area contributed by atoms with Crippen LogP contribution in [0.4, 0.5) is 0 Å². The predicted molar refractivity (Wildman–Crippen MR) is 62.0 cm³/mol. The third-order valence-electron chi connectivity index (χ3n) is 2.31. The Morgan fingerprint density at radius 1 is 1.67 bits per heavy atom. The van der Waals surface area contributed by atoms with Crippen molar-refractivity contribution in [3.05, 3.63) is 27.5 Å². The normalized spacial score (nSPS) is 15.1. The van der Waals surface area contributed by atoms with E-state index >= 15 is 0 Å². The van der Waals surface area contributed by atoms with E-state index in [4.69, 9.17) is 11.6 Å². The van der Waals surface area contributed by atoms with Crippen LogP contribution in [0.2, 0.25) is 5.15 Å². The SMILES string of the molecule is O=C(NCC1CC1)c1cnc(Cl)c(Br)c1. The molecule has 0 bridgehead atoms. The van der Waals surface area contributed by atoms with Crippen molar-refractivity contribution in [2.24, 2.45) is 5.92 Å². The first-order valence-electron chi connectivity index (χ1n) is 4.76. The molecule has 0 radical (unpaired) electrons. The summed E-state index contributed by atoms with van der Waals surface area (Å²) in [5.74, 6) is 0.587. The van der Waals surface area contributed by atoms with E-state index in [9.17, 15) is 4.79 Å². The Bertz CT molecular complexity index is 393. The lowest BCUT2D eigenvalue weighted by atomic mass is 10.2. The van der Waals surface area contributed by atoms with E-state index in [0.717, 1.165) is 6.54 Å². The molecule has 0 aromatic carbocycles. The Kier molecular flexibility index (Phi) is 3.26. The van der Waals surface area contributed by atoms with Gasteiger partial charge < -0.3 is 5.32 Å². The Labute approximate surface area is 101 Å². The quantitative estimate of drug-likeness (QED) is 0.869. The molecule has 3 nitrogen and oxygen atoms in total. The van der Waals surface area contributed by atoms with E-state index in [-0.39, 0.29) is 5.91 Å². The summed E-state index contributed by atoms with van der Waals surface area (Å²) in [6, 6.07) is 1.68. The highest BCUT2D eigenvalue weighted by Gasteiger charge is 2.22. The number of halogens is 2. The molecule has 1 saturated carbocycles. The number of amides is 1. The van der Waals surface area contributed by atoms with Gasteiger partial charge in [-0.25, -0.2) is 4.98 Å². The Morgan fingerprint density at radius 3 is 3.00 bits per heavy atom. The van der Waals surface area contributed by atoms with Crippen LogP contribution in [0.5, 0.6) is 0 Å². The minimum absolute atomic E-state index is 0.0910. The van der Waals surface area contributed by atoms with Gasteiger partial charge in [0.25, 0.3) is 5.91 Å². The molecule has 0 spiro atoms. The van der Waals surface area contributed by atoms with Gasteiger partial charge in [-0.3, -0.25) is 4.79 Å². The number of aromatic nitrogens is 1. The van der Waals surface area contributed by atoms with E-state index in [2.05, 4.69) is 26.2 Å². The minimum atomic E-state index is -0.0910. The summed E-state index contributed by atoms with van der Waals surface area (Å²) >= 11 is 8.97. The lowest BCUT2D eigenvalue weighted by molar-refractivity contribution is 0.0951. The summed E-state index contributed by atoms with van der Waals surface area (Å²) in [5.41, 5.74) is 0.534. The molecule has 0 atom stereocenters. The van der Waals surface area contributed by atoms with Gasteiger partial charge in [-0.05, 0) is 40.8 Å². The summed E-state index contributed by atoms with van der Waals surface area (Å²) in [7, 11) is 0. The van der Waals surface area contributed by atoms with Gasteiger partial charge in [-0.1, -0.05) is 11.6 Å². The van der Waals surface area contributed by atoms with Gasteiger partial charge in [0.05, 0.1) is 10.0 Å². The Balaban J connectivity index is 2.00. The zero-order valence-electron chi connectivity index (χ0n) is 7.96. The summed E-state index contributed by atoms with van der Waals surface area (Å²) in [4.78, 5) is 15.5. The van der Waals surface area contributed by atoms with Crippen molar-refractivity contribution in [2.75, 3.05) is 6.54 Å². The maximum Gasteiger partial charge on any atom is 0.252 e. The average Bonchev–Trinajstić information content (AvgIpc) is 3.02. The third-order valence-corrected chi connectivity index (χ3v) is 3.44. The van der Waals surface area contributed by atoms with Crippen LogP contribution in [0.1, 0.15) is 23.2 Å². The molecule has 1 aromatic heterocycles. The largest absolute Gasteiger partial charge is 0.352 e. The van der Waals surface area contributed by atoms with E-state index < -0.39 is 0 Å². The molecule has 1 aliphatic rings. The highest BCUT2D eigenvalue weighted by molar-refractivity contribution is 9.10. The van der Waals surface area contributed by atoms with Crippen LogP contribution in [-0.2, 0) is 0 Å². The highest BCUT2D eigenvalue weighted by Crippen LogP contribution is 2.27. The first kappa shape index (κ1) is 10.9. The topological polar surface area (TPSA) is 42.0 Å². The predicted octanol–water partition coefficient (Wildman–Crippen LogP) is 2.64. The van der Waals surface area contributed by atoms with E-state index in [1.807, 2.05) is 0 Å². The van der Waals surface area contributed by atoms with Gasteiger partial charge in [-0.15, -0.1) is 0 Å². The number of pyridine rings is 1. The molecule has 0 unspecified atom stereocenters. The van der Waals surface area contributed by atoms with Gasteiger partial charge in [0, 0.05) is 12.7 Å². The zero-order valence-corrected chi connectivity index (χ0v) is 10.3. The second-order valence-corrected chi connectivity index (χ2v) is 4.86. The number of carbonyl (C=O) groups excluding carboxylic acids is 1. The van der Waals surface area contributed by atoms with Crippen molar-refractivity contribution in [1.29, 1.82) is 0 Å². The lowest BCUT2D eigenvalue weighted by Crippen LogP contribution is -2.25. The zero-order chi connectivity index (χ0) is 10.8. The van der Waals surface area contributed by atoms with Crippen LogP contribution in [0.3, 0.4) is 0 Å². The summed E-state index contributed by atoms with van der Waals surface area (Å²) < 4.78 is 0.642. The van der Waals surface area contributed by atoms with Crippen LogP contribution in [0, 0.1) is 5.92 Å². The van der Waals surface area contributed by atoms with Gasteiger partial charge >= 0.3 is 0 Å². The molecule has 5 heteroatoms. The van der Waals surface area contributed by atoms with Crippen LogP contribution >= 0.6 is 27.5 Å². The summed E-state index contributed by atoms with van der Waals surface area (Å²) in [6.45, 7) is 0.763. The van der Waals surface area contributed by atoms with Crippen molar-refractivity contribution in [1.82, 2.24) is 10.3 Å². The molecule has 0 aliphatic heterocycles. The molecule has 80 valence electrons. The van der Waals surface area contributed by atoms with Crippen LogP contribution in [-0.4, -0.2) is 17.4 Å². The highest BCUT2D eigenvalue weighted by atomic mass is 79.9. The molecule has 2 rings (SSSR count). The molecule has 1 amide bonds. The maximum absolute atomic E-state index is 11.6. The Morgan fingerprint density at radius 2 is 2.40 bits per heavy atom. The molecule has 1 N–H and O–H groups in total. The van der Waals surface area contributed by atoms with Gasteiger partial charge in [-0.2, -0.15) is 0 Å². The Hall–Kier alpha value is -0.610. The lowest BCUT2D eigenvalue weighted by Gasteiger charge is -2.04. The summed E-state index contributed by atoms with van der Waals surface area (Å²) in [5, 5.41) is 3.23. The molecule has 1 aromatic rings. The van der Waals surface area contributed by atoms with Crippen LogP contribution in [0.25, 0.3) is 0 Å². The molecule has 1 fully saturated rings. The average molecular weight is 290 g/mol. The number of nitrogens with one attached hydrogen (secondary N) is 1. The standard InChI is InChI=1S/C10H10BrClN2O/c11-8-3-7(5-13-9(8)12)10(15)14-4-6-1-2-6/h3,5-6H,1-2,4H2,(H,14,15). The fourth-order valence-corrected chi connectivity index (χ4v) is 1.66. The second-order valence-electron chi connectivity index (χ2n) is 3.65. The molecule has 15 heavy (non-hydrogen) atoms. The number of rotatable bonds is 3. The van der Waals surface area contributed by atoms with Crippen LogP contribution < -0.4 is 5.32 Å². The smallest absolute Gasteiger partial charge is 0.252 e. The number of carbonyl (C=O) groups is 1. The minimum Gasteiger partial charge on any atom is -0.352 e. The molecule has 1 aliphatic carbocycles. The fraction of sp³-hybridized carbons (Fsp3) is 0.400. The van der Waals surface area contributed by atoms with E-state index in [1.54, 1.807) is 6.07 Å². The maximum atomic E-state index is 11.6. The molecular formula is C10H10BrClN2O. The first-order valence-corrected chi connectivity index (χ1v) is 5.93. The van der Waals surface area contributed by atoms with Crippen molar-refractivity contribution < 1.29 is 4.79 Å². The number of hydrogen-bond acceptors (Lipinski definition) is 2. The monoisotopic (exact) mass is 288 g/mol. The molecule has 0 saturated heterocycles. The van der Waals surface area contributed by atoms with Crippen molar-refractivity contribution in [3.8, 4) is 0 Å². The summed E-state index contributed by atoms with van der Waals surface area (Å²) in [6.07, 6.45) is 3.93. The van der Waals surface area contributed by atoms with Crippen molar-refractivity contribution in [2.45, 2.75) is 12.8 Å². The molecule has 1 heterocycles. The number of nitrogens with zero attached hydrogens (tertiary/aromatic N) is 1. The third kappa shape index (κ3) is 2.92. The fourth-order valence-electron chi connectivity index (χ4n) is 1.21. The van der Waals surface area contributed by atoms with Crippen molar-refractivity contribution in [3.63, 3.8) is 0 Å². The second kappa shape index (κ2) is 4.49. The van der Waals surface area contributed by atoms with Gasteiger partial charge in [0.1, 0.15) is 5.15 Å². The number of hydrogen-bond donors (Lipinski definition) is 1.